The second-order valence-corrected chi connectivity index (χ2v) is 6.50. The topological polar surface area (TPSA) is 30.3 Å². The molecule has 0 aromatic heterocycles. The van der Waals surface area contributed by atoms with Gasteiger partial charge in [0, 0.05) is 37.6 Å². The molecule has 4 heteroatoms. The van der Waals surface area contributed by atoms with Crippen LogP contribution in [0.5, 0.6) is 0 Å². The summed E-state index contributed by atoms with van der Waals surface area (Å²) in [6.07, 6.45) is 2.03. The number of nitriles is 1. The van der Waals surface area contributed by atoms with Crippen LogP contribution in [0.3, 0.4) is 0 Å². The number of benzene rings is 1. The quantitative estimate of drug-likeness (QED) is 0.797. The van der Waals surface area contributed by atoms with Gasteiger partial charge in [-0.3, -0.25) is 4.90 Å². The van der Waals surface area contributed by atoms with E-state index in [2.05, 4.69) is 41.8 Å². The highest BCUT2D eigenvalue weighted by Gasteiger charge is 2.20. The maximum absolute atomic E-state index is 9.43. The van der Waals surface area contributed by atoms with Gasteiger partial charge in [0.15, 0.2) is 0 Å². The van der Waals surface area contributed by atoms with E-state index in [1.165, 1.54) is 6.54 Å². The summed E-state index contributed by atoms with van der Waals surface area (Å²) in [5, 5.41) is 9.43. The van der Waals surface area contributed by atoms with E-state index in [-0.39, 0.29) is 0 Å². The van der Waals surface area contributed by atoms with Gasteiger partial charge in [0.2, 0.25) is 0 Å². The Morgan fingerprint density at radius 1 is 1.25 bits per heavy atom. The molecule has 1 saturated heterocycles. The highest BCUT2D eigenvalue weighted by Crippen LogP contribution is 2.29. The summed E-state index contributed by atoms with van der Waals surface area (Å²) < 4.78 is 0. The Hall–Kier alpha value is -1.18. The summed E-state index contributed by atoms with van der Waals surface area (Å²) in [6.45, 7) is 9.91. The molecule has 0 spiro atoms. The molecular weight excluding hydrogens is 266 g/mol. The molecule has 20 heavy (non-hydrogen) atoms. The lowest BCUT2D eigenvalue weighted by atomic mass is 10.1. The van der Waals surface area contributed by atoms with Crippen LogP contribution in [0.4, 0.5) is 5.69 Å². The number of hydrogen-bond acceptors (Lipinski definition) is 4. The largest absolute Gasteiger partial charge is 0.368 e. The first kappa shape index (κ1) is 15.2. The van der Waals surface area contributed by atoms with Gasteiger partial charge in [-0.05, 0) is 24.3 Å². The Kier molecular flexibility index (Phi) is 5.33. The first-order valence-corrected chi connectivity index (χ1v) is 8.42. The van der Waals surface area contributed by atoms with E-state index in [4.69, 9.17) is 0 Å². The van der Waals surface area contributed by atoms with Gasteiger partial charge in [0.25, 0.3) is 0 Å². The molecule has 0 unspecified atom stereocenters. The van der Waals surface area contributed by atoms with Crippen LogP contribution in [-0.4, -0.2) is 43.9 Å². The third-order valence-corrected chi connectivity index (χ3v) is 4.45. The molecule has 0 aliphatic carbocycles. The van der Waals surface area contributed by atoms with Crippen molar-refractivity contribution in [1.82, 2.24) is 4.90 Å². The molecule has 0 amide bonds. The molecule has 0 N–H and O–H groups in total. The Morgan fingerprint density at radius 3 is 2.50 bits per heavy atom. The number of thioether (sulfide) groups is 1. The molecule has 1 fully saturated rings. The zero-order valence-electron chi connectivity index (χ0n) is 12.6. The van der Waals surface area contributed by atoms with Crippen LogP contribution >= 0.6 is 11.8 Å². The first-order chi connectivity index (χ1) is 9.65. The van der Waals surface area contributed by atoms with Crippen molar-refractivity contribution in [2.24, 2.45) is 5.92 Å². The van der Waals surface area contributed by atoms with Crippen molar-refractivity contribution in [2.45, 2.75) is 18.7 Å². The molecular formula is C16H23N3S. The Labute approximate surface area is 126 Å². The zero-order valence-corrected chi connectivity index (χ0v) is 13.4. The lowest BCUT2D eigenvalue weighted by molar-refractivity contribution is 0.231. The van der Waals surface area contributed by atoms with Crippen LogP contribution in [0.1, 0.15) is 19.4 Å². The van der Waals surface area contributed by atoms with Crippen LogP contribution in [0.25, 0.3) is 0 Å². The molecule has 0 radical (unpaired) electrons. The second-order valence-electron chi connectivity index (χ2n) is 5.65. The van der Waals surface area contributed by atoms with E-state index in [0.717, 1.165) is 48.2 Å². The summed E-state index contributed by atoms with van der Waals surface area (Å²) in [5.74, 6) is 0.719. The second kappa shape index (κ2) is 7.01. The average molecular weight is 289 g/mol. The standard InChI is InChI=1S/C16H23N3S/c1-13(2)12-18-7-9-19(10-8-18)15-5-4-6-16(20-3)14(15)11-17/h4-6,13H,7-10,12H2,1-3H3. The molecule has 1 heterocycles. The molecule has 1 aromatic rings. The monoisotopic (exact) mass is 289 g/mol. The SMILES string of the molecule is CSc1cccc(N2CCN(CC(C)C)CC2)c1C#N. The van der Waals surface area contributed by atoms with Crippen LogP contribution < -0.4 is 4.90 Å². The maximum Gasteiger partial charge on any atom is 0.103 e. The van der Waals surface area contributed by atoms with Crippen molar-refractivity contribution in [3.05, 3.63) is 23.8 Å². The van der Waals surface area contributed by atoms with Crippen LogP contribution in [-0.2, 0) is 0 Å². The number of rotatable bonds is 4. The predicted molar refractivity (Wildman–Crippen MR) is 86.4 cm³/mol. The fourth-order valence-corrected chi connectivity index (χ4v) is 3.32. The van der Waals surface area contributed by atoms with Crippen molar-refractivity contribution in [2.75, 3.05) is 43.9 Å². The van der Waals surface area contributed by atoms with Crippen LogP contribution in [0, 0.1) is 17.2 Å². The highest BCUT2D eigenvalue weighted by molar-refractivity contribution is 7.98. The normalized spacial score (nSPS) is 16.4. The summed E-state index contributed by atoms with van der Waals surface area (Å²) in [6, 6.07) is 8.55. The summed E-state index contributed by atoms with van der Waals surface area (Å²) >= 11 is 1.65. The average Bonchev–Trinajstić information content (AvgIpc) is 2.46. The van der Waals surface area contributed by atoms with E-state index < -0.39 is 0 Å². The number of hydrogen-bond donors (Lipinski definition) is 0. The van der Waals surface area contributed by atoms with Crippen molar-refractivity contribution in [1.29, 1.82) is 5.26 Å². The van der Waals surface area contributed by atoms with Crippen LogP contribution in [0.15, 0.2) is 23.1 Å². The number of nitrogens with zero attached hydrogens (tertiary/aromatic N) is 3. The highest BCUT2D eigenvalue weighted by atomic mass is 32.2. The lowest BCUT2D eigenvalue weighted by Gasteiger charge is -2.37. The van der Waals surface area contributed by atoms with Gasteiger partial charge < -0.3 is 4.90 Å². The Balaban J connectivity index is 2.09. The molecule has 108 valence electrons. The zero-order chi connectivity index (χ0) is 14.5. The van der Waals surface area contributed by atoms with Gasteiger partial charge >= 0.3 is 0 Å². The van der Waals surface area contributed by atoms with Gasteiger partial charge in [-0.2, -0.15) is 5.26 Å². The van der Waals surface area contributed by atoms with Crippen LogP contribution in [0.2, 0.25) is 0 Å². The third kappa shape index (κ3) is 3.47. The fraction of sp³-hybridized carbons (Fsp3) is 0.562. The Bertz CT molecular complexity index is 485. The minimum absolute atomic E-state index is 0.719. The van der Waals surface area contributed by atoms with Crippen molar-refractivity contribution < 1.29 is 0 Å². The van der Waals surface area contributed by atoms with Gasteiger partial charge in [-0.1, -0.05) is 19.9 Å². The maximum atomic E-state index is 9.43. The van der Waals surface area contributed by atoms with Gasteiger partial charge in [0.05, 0.1) is 11.3 Å². The molecule has 2 rings (SSSR count). The van der Waals surface area contributed by atoms with E-state index >= 15 is 0 Å². The van der Waals surface area contributed by atoms with E-state index in [0.29, 0.717) is 0 Å². The van der Waals surface area contributed by atoms with Crippen molar-refractivity contribution in [3.63, 3.8) is 0 Å². The molecule has 0 atom stereocenters. The molecule has 0 saturated carbocycles. The molecule has 1 aliphatic heterocycles. The fourth-order valence-electron chi connectivity index (χ4n) is 2.75. The smallest absolute Gasteiger partial charge is 0.103 e. The minimum Gasteiger partial charge on any atom is -0.368 e. The van der Waals surface area contributed by atoms with E-state index in [9.17, 15) is 5.26 Å². The molecule has 3 nitrogen and oxygen atoms in total. The minimum atomic E-state index is 0.719. The molecule has 0 bridgehead atoms. The number of piperazine rings is 1. The summed E-state index contributed by atoms with van der Waals surface area (Å²) in [7, 11) is 0. The predicted octanol–water partition coefficient (Wildman–Crippen LogP) is 3.06. The third-order valence-electron chi connectivity index (χ3n) is 3.67. The number of anilines is 1. The van der Waals surface area contributed by atoms with Gasteiger partial charge in [0.1, 0.15) is 6.07 Å². The lowest BCUT2D eigenvalue weighted by Crippen LogP contribution is -2.47. The van der Waals surface area contributed by atoms with E-state index in [1.807, 2.05) is 12.3 Å². The van der Waals surface area contributed by atoms with Gasteiger partial charge in [-0.15, -0.1) is 11.8 Å². The van der Waals surface area contributed by atoms with Crippen molar-refractivity contribution in [3.8, 4) is 6.07 Å². The summed E-state index contributed by atoms with van der Waals surface area (Å²) in [5.41, 5.74) is 1.93. The van der Waals surface area contributed by atoms with E-state index in [1.54, 1.807) is 11.8 Å². The molecule has 1 aliphatic rings. The Morgan fingerprint density at radius 2 is 1.95 bits per heavy atom. The van der Waals surface area contributed by atoms with Crippen molar-refractivity contribution >= 4 is 17.4 Å². The van der Waals surface area contributed by atoms with Gasteiger partial charge in [-0.25, -0.2) is 0 Å². The summed E-state index contributed by atoms with van der Waals surface area (Å²) in [4.78, 5) is 5.95. The molecule has 1 aromatic carbocycles. The first-order valence-electron chi connectivity index (χ1n) is 7.20.